The molecule has 0 atom stereocenters. The van der Waals surface area contributed by atoms with Crippen molar-refractivity contribution in [3.8, 4) is 0 Å². The molecule has 0 bridgehead atoms. The first kappa shape index (κ1) is 11.6. The number of aryl methyl sites for hydroxylation is 1. The van der Waals surface area contributed by atoms with Crippen LogP contribution in [-0.4, -0.2) is 40.0 Å². The minimum atomic E-state index is -0.809. The summed E-state index contributed by atoms with van der Waals surface area (Å²) in [6, 6.07) is 3.63. The molecule has 90 valence electrons. The molecule has 1 fully saturated rings. The molecule has 1 amide bonds. The minimum absolute atomic E-state index is 0.0838. The average molecular weight is 234 g/mol. The molecule has 1 aromatic heterocycles. The summed E-state index contributed by atoms with van der Waals surface area (Å²) >= 11 is 0. The van der Waals surface area contributed by atoms with E-state index in [9.17, 15) is 9.59 Å². The third-order valence-electron chi connectivity index (χ3n) is 2.92. The Bertz CT molecular complexity index is 453. The van der Waals surface area contributed by atoms with Crippen LogP contribution in [0.25, 0.3) is 0 Å². The van der Waals surface area contributed by atoms with Gasteiger partial charge in [0.1, 0.15) is 5.69 Å². The lowest BCUT2D eigenvalue weighted by Crippen LogP contribution is -2.50. The molecule has 17 heavy (non-hydrogen) atoms. The number of carboxylic acids is 1. The first-order valence-corrected chi connectivity index (χ1v) is 5.50. The lowest BCUT2D eigenvalue weighted by atomic mass is 9.95. The predicted octanol–water partition coefficient (Wildman–Crippen LogP) is 0.937. The second kappa shape index (κ2) is 4.53. The minimum Gasteiger partial charge on any atom is -0.481 e. The molecule has 0 spiro atoms. The van der Waals surface area contributed by atoms with E-state index in [1.807, 2.05) is 13.0 Å². The van der Waals surface area contributed by atoms with Gasteiger partial charge in [-0.05, 0) is 18.6 Å². The average Bonchev–Trinajstić information content (AvgIpc) is 2.22. The predicted molar refractivity (Wildman–Crippen MR) is 60.6 cm³/mol. The molecule has 0 unspecified atom stereocenters. The number of carboxylic acid groups (broad SMARTS) is 1. The molecule has 1 aromatic rings. The maximum absolute atomic E-state index is 12.0. The molecule has 0 saturated carbocycles. The number of aromatic nitrogens is 1. The number of carbonyl (C=O) groups is 2. The van der Waals surface area contributed by atoms with Crippen molar-refractivity contribution in [3.63, 3.8) is 0 Å². The number of pyridine rings is 1. The van der Waals surface area contributed by atoms with E-state index in [-0.39, 0.29) is 18.2 Å². The van der Waals surface area contributed by atoms with Crippen LogP contribution in [0.5, 0.6) is 0 Å². The van der Waals surface area contributed by atoms with Crippen LogP contribution in [0.1, 0.15) is 22.5 Å². The zero-order valence-electron chi connectivity index (χ0n) is 9.59. The van der Waals surface area contributed by atoms with Gasteiger partial charge in [0.05, 0.1) is 6.42 Å². The third kappa shape index (κ3) is 2.43. The Morgan fingerprint density at radius 2 is 2.24 bits per heavy atom. The molecule has 1 N–H and O–H groups in total. The van der Waals surface area contributed by atoms with E-state index >= 15 is 0 Å². The van der Waals surface area contributed by atoms with E-state index in [1.54, 1.807) is 17.2 Å². The third-order valence-corrected chi connectivity index (χ3v) is 2.92. The van der Waals surface area contributed by atoms with Crippen molar-refractivity contribution in [3.05, 3.63) is 29.6 Å². The Kier molecular flexibility index (Phi) is 3.08. The van der Waals surface area contributed by atoms with Crippen molar-refractivity contribution in [2.24, 2.45) is 5.92 Å². The molecule has 0 radical (unpaired) electrons. The van der Waals surface area contributed by atoms with Crippen LogP contribution in [0.2, 0.25) is 0 Å². The van der Waals surface area contributed by atoms with Crippen molar-refractivity contribution in [1.29, 1.82) is 0 Å². The van der Waals surface area contributed by atoms with E-state index in [1.165, 1.54) is 0 Å². The van der Waals surface area contributed by atoms with Gasteiger partial charge in [-0.15, -0.1) is 0 Å². The summed E-state index contributed by atoms with van der Waals surface area (Å²) in [5.41, 5.74) is 1.31. The molecule has 2 rings (SSSR count). The van der Waals surface area contributed by atoms with Gasteiger partial charge in [0.15, 0.2) is 0 Å². The van der Waals surface area contributed by atoms with Gasteiger partial charge in [0.2, 0.25) is 0 Å². The molecular weight excluding hydrogens is 220 g/mol. The van der Waals surface area contributed by atoms with Gasteiger partial charge in [-0.3, -0.25) is 14.6 Å². The summed E-state index contributed by atoms with van der Waals surface area (Å²) in [5, 5.41) is 8.62. The highest BCUT2D eigenvalue weighted by Crippen LogP contribution is 2.21. The topological polar surface area (TPSA) is 70.5 Å². The fourth-order valence-electron chi connectivity index (χ4n) is 1.97. The van der Waals surface area contributed by atoms with Crippen molar-refractivity contribution >= 4 is 11.9 Å². The fraction of sp³-hybridized carbons (Fsp3) is 0.417. The number of hydrogen-bond donors (Lipinski definition) is 1. The van der Waals surface area contributed by atoms with Gasteiger partial charge in [0, 0.05) is 25.2 Å². The summed E-state index contributed by atoms with van der Waals surface area (Å²) < 4.78 is 0. The number of amides is 1. The SMILES string of the molecule is Cc1cccnc1C(=O)N1CC(CC(=O)O)C1. The van der Waals surface area contributed by atoms with Crippen LogP contribution >= 0.6 is 0 Å². The maximum Gasteiger partial charge on any atom is 0.303 e. The van der Waals surface area contributed by atoms with Crippen LogP contribution < -0.4 is 0 Å². The Morgan fingerprint density at radius 1 is 1.53 bits per heavy atom. The molecular formula is C12H14N2O3. The zero-order valence-corrected chi connectivity index (χ0v) is 9.59. The second-order valence-corrected chi connectivity index (χ2v) is 4.34. The molecule has 0 aliphatic carbocycles. The van der Waals surface area contributed by atoms with Crippen LogP contribution in [0.15, 0.2) is 18.3 Å². The van der Waals surface area contributed by atoms with Crippen molar-refractivity contribution in [1.82, 2.24) is 9.88 Å². The van der Waals surface area contributed by atoms with Gasteiger partial charge in [-0.25, -0.2) is 0 Å². The van der Waals surface area contributed by atoms with Gasteiger partial charge in [0.25, 0.3) is 5.91 Å². The summed E-state index contributed by atoms with van der Waals surface area (Å²) in [6.07, 6.45) is 1.72. The quantitative estimate of drug-likeness (QED) is 0.844. The van der Waals surface area contributed by atoms with Crippen molar-refractivity contribution in [2.45, 2.75) is 13.3 Å². The van der Waals surface area contributed by atoms with E-state index in [0.717, 1.165) is 5.56 Å². The lowest BCUT2D eigenvalue weighted by Gasteiger charge is -2.38. The van der Waals surface area contributed by atoms with Gasteiger partial charge in [-0.2, -0.15) is 0 Å². The monoisotopic (exact) mass is 234 g/mol. The largest absolute Gasteiger partial charge is 0.481 e. The molecule has 1 aliphatic rings. The van der Waals surface area contributed by atoms with Gasteiger partial charge >= 0.3 is 5.97 Å². The standard InChI is InChI=1S/C12H14N2O3/c1-8-3-2-4-13-11(8)12(17)14-6-9(7-14)5-10(15)16/h2-4,9H,5-7H2,1H3,(H,15,16). The number of likely N-dealkylation sites (tertiary alicyclic amines) is 1. The van der Waals surface area contributed by atoms with Crippen LogP contribution in [0, 0.1) is 12.8 Å². The molecule has 5 nitrogen and oxygen atoms in total. The highest BCUT2D eigenvalue weighted by Gasteiger charge is 2.33. The summed E-state index contributed by atoms with van der Waals surface area (Å²) in [7, 11) is 0. The van der Waals surface area contributed by atoms with Crippen LogP contribution in [0.3, 0.4) is 0 Å². The van der Waals surface area contributed by atoms with Crippen molar-refractivity contribution in [2.75, 3.05) is 13.1 Å². The second-order valence-electron chi connectivity index (χ2n) is 4.34. The molecule has 1 aliphatic heterocycles. The number of rotatable bonds is 3. The van der Waals surface area contributed by atoms with E-state index in [0.29, 0.717) is 18.8 Å². The molecule has 1 saturated heterocycles. The van der Waals surface area contributed by atoms with Gasteiger partial charge in [-0.1, -0.05) is 6.07 Å². The maximum atomic E-state index is 12.0. The Hall–Kier alpha value is -1.91. The Labute approximate surface area is 99.1 Å². The normalized spacial score (nSPS) is 15.5. The Balaban J connectivity index is 1.96. The van der Waals surface area contributed by atoms with E-state index < -0.39 is 5.97 Å². The first-order chi connectivity index (χ1) is 8.08. The Morgan fingerprint density at radius 3 is 2.82 bits per heavy atom. The zero-order chi connectivity index (χ0) is 12.4. The van der Waals surface area contributed by atoms with Crippen LogP contribution in [-0.2, 0) is 4.79 Å². The fourth-order valence-corrected chi connectivity index (χ4v) is 1.97. The highest BCUT2D eigenvalue weighted by molar-refractivity contribution is 5.94. The highest BCUT2D eigenvalue weighted by atomic mass is 16.4. The van der Waals surface area contributed by atoms with E-state index in [2.05, 4.69) is 4.98 Å². The number of nitrogens with zero attached hydrogens (tertiary/aromatic N) is 2. The van der Waals surface area contributed by atoms with Crippen LogP contribution in [0.4, 0.5) is 0 Å². The molecule has 2 heterocycles. The van der Waals surface area contributed by atoms with Gasteiger partial charge < -0.3 is 10.0 Å². The summed E-state index contributed by atoms with van der Waals surface area (Å²) in [5.74, 6) is -0.832. The summed E-state index contributed by atoms with van der Waals surface area (Å²) in [4.78, 5) is 28.2. The number of aliphatic carboxylic acids is 1. The number of carbonyl (C=O) groups excluding carboxylic acids is 1. The molecule has 0 aromatic carbocycles. The smallest absolute Gasteiger partial charge is 0.303 e. The number of hydrogen-bond acceptors (Lipinski definition) is 3. The summed E-state index contributed by atoms with van der Waals surface area (Å²) in [6.45, 7) is 2.87. The lowest BCUT2D eigenvalue weighted by molar-refractivity contribution is -0.139. The van der Waals surface area contributed by atoms with Crippen molar-refractivity contribution < 1.29 is 14.7 Å². The molecule has 5 heteroatoms. The van der Waals surface area contributed by atoms with E-state index in [4.69, 9.17) is 5.11 Å². The first-order valence-electron chi connectivity index (χ1n) is 5.50.